The number of carbonyl (C=O) groups excluding carboxylic acids is 4. The van der Waals surface area contributed by atoms with Crippen LogP contribution in [0.2, 0.25) is 0 Å². The maximum absolute atomic E-state index is 10.8. The lowest BCUT2D eigenvalue weighted by Crippen LogP contribution is -2.30. The lowest BCUT2D eigenvalue weighted by molar-refractivity contribution is -0.122. The van der Waals surface area contributed by atoms with Gasteiger partial charge in [-0.25, -0.2) is 0 Å². The van der Waals surface area contributed by atoms with Gasteiger partial charge in [0, 0.05) is 17.8 Å². The quantitative estimate of drug-likeness (QED) is 0.266. The van der Waals surface area contributed by atoms with Crippen LogP contribution >= 0.6 is 11.3 Å². The van der Waals surface area contributed by atoms with Gasteiger partial charge in [-0.3, -0.25) is 19.2 Å². The molecule has 1 unspecified atom stereocenters. The van der Waals surface area contributed by atoms with Crippen LogP contribution < -0.4 is 5.32 Å². The molecule has 43 heavy (non-hydrogen) atoms. The van der Waals surface area contributed by atoms with Crippen LogP contribution in [0.25, 0.3) is 0 Å². The third-order valence-corrected chi connectivity index (χ3v) is 7.78. The van der Waals surface area contributed by atoms with E-state index in [-0.39, 0.29) is 5.78 Å². The second-order valence-corrected chi connectivity index (χ2v) is 10.7. The van der Waals surface area contributed by atoms with Gasteiger partial charge in [0.1, 0.15) is 17.3 Å². The Hall–Kier alpha value is -1.92. The van der Waals surface area contributed by atoms with Crippen molar-refractivity contribution in [3.63, 3.8) is 0 Å². The third-order valence-electron chi connectivity index (χ3n) is 6.81. The van der Waals surface area contributed by atoms with Gasteiger partial charge in [0.15, 0.2) is 5.78 Å². The van der Waals surface area contributed by atoms with Crippen molar-refractivity contribution in [1.82, 2.24) is 5.32 Å². The molecule has 252 valence electrons. The fourth-order valence-corrected chi connectivity index (χ4v) is 5.01. The first-order chi connectivity index (χ1) is 20.7. The van der Waals surface area contributed by atoms with Crippen molar-refractivity contribution in [2.24, 2.45) is 17.8 Å². The summed E-state index contributed by atoms with van der Waals surface area (Å²) in [6.07, 6.45) is 15.6. The number of rotatable bonds is 4. The molecule has 0 aromatic carbocycles. The van der Waals surface area contributed by atoms with Crippen molar-refractivity contribution in [1.29, 1.82) is 0 Å². The molecule has 1 atom stereocenters. The zero-order valence-electron chi connectivity index (χ0n) is 30.1. The summed E-state index contributed by atoms with van der Waals surface area (Å²) in [5.41, 5.74) is 0. The Morgan fingerprint density at radius 3 is 1.35 bits per heavy atom. The molecule has 2 fully saturated rings. The predicted octanol–water partition coefficient (Wildman–Crippen LogP) is 10.7. The molecular weight excluding hydrogens is 554 g/mol. The maximum atomic E-state index is 10.8. The number of carbonyl (C=O) groups is 4. The van der Waals surface area contributed by atoms with E-state index >= 15 is 0 Å². The highest BCUT2D eigenvalue weighted by molar-refractivity contribution is 7.12. The number of thiophene rings is 1. The highest BCUT2D eigenvalue weighted by atomic mass is 32.1. The van der Waals surface area contributed by atoms with E-state index in [0.29, 0.717) is 35.1 Å². The zero-order valence-corrected chi connectivity index (χ0v) is 31.0. The molecule has 4 rings (SSSR count). The molecule has 1 aromatic heterocycles. The number of Topliss-reactive ketones (excluding diaryl/α,β-unsaturated/α-hetero) is 4. The van der Waals surface area contributed by atoms with E-state index in [0.717, 1.165) is 62.9 Å². The summed E-state index contributed by atoms with van der Waals surface area (Å²) in [5.74, 6) is 2.35. The maximum Gasteiger partial charge on any atom is 0.169 e. The van der Waals surface area contributed by atoms with Crippen LogP contribution in [-0.4, -0.2) is 36.2 Å². The Morgan fingerprint density at radius 1 is 0.628 bits per heavy atom. The molecule has 0 bridgehead atoms. The van der Waals surface area contributed by atoms with E-state index in [1.54, 1.807) is 27.7 Å². The number of nitrogens with one attached hydrogen (secondary N) is 1. The molecule has 0 amide bonds. The third kappa shape index (κ3) is 28.6. The average molecular weight is 624 g/mol. The van der Waals surface area contributed by atoms with Gasteiger partial charge < -0.3 is 5.32 Å². The molecule has 2 aliphatic carbocycles. The monoisotopic (exact) mass is 623 g/mol. The number of hydrogen-bond donors (Lipinski definition) is 1. The molecule has 1 N–H and O–H groups in total. The number of hydrogen-bond acceptors (Lipinski definition) is 6. The van der Waals surface area contributed by atoms with Gasteiger partial charge in [0.2, 0.25) is 0 Å². The van der Waals surface area contributed by atoms with Crippen molar-refractivity contribution in [2.75, 3.05) is 13.1 Å². The lowest BCUT2D eigenvalue weighted by atomic mass is 9.87. The van der Waals surface area contributed by atoms with E-state index in [2.05, 4.69) is 17.5 Å². The van der Waals surface area contributed by atoms with Gasteiger partial charge in [-0.05, 0) is 97.2 Å². The first-order valence-electron chi connectivity index (χ1n) is 17.1. The van der Waals surface area contributed by atoms with Crippen LogP contribution in [0.1, 0.15) is 157 Å². The first kappa shape index (κ1) is 48.0. The molecule has 1 aromatic rings. The Bertz CT molecular complexity index is 762. The van der Waals surface area contributed by atoms with Gasteiger partial charge >= 0.3 is 0 Å². The number of ketones is 4. The largest absolute Gasteiger partial charge is 0.317 e. The molecule has 5 nitrogen and oxygen atoms in total. The van der Waals surface area contributed by atoms with Crippen LogP contribution in [-0.2, 0) is 14.4 Å². The molecular formula is C37H69NO4S. The average Bonchev–Trinajstić information content (AvgIpc) is 3.63. The van der Waals surface area contributed by atoms with Crippen LogP contribution in [0, 0.1) is 17.8 Å². The molecule has 2 heterocycles. The second-order valence-electron chi connectivity index (χ2n) is 9.71. The summed E-state index contributed by atoms with van der Waals surface area (Å²) < 4.78 is 0. The molecule has 6 heteroatoms. The topological polar surface area (TPSA) is 80.3 Å². The molecule has 1 saturated heterocycles. The Labute approximate surface area is 271 Å². The highest BCUT2D eigenvalue weighted by Gasteiger charge is 2.17. The summed E-state index contributed by atoms with van der Waals surface area (Å²) in [6.45, 7) is 24.7. The second kappa shape index (κ2) is 36.3. The molecule has 1 saturated carbocycles. The van der Waals surface area contributed by atoms with E-state index in [1.807, 2.05) is 72.9 Å². The van der Waals surface area contributed by atoms with Crippen molar-refractivity contribution in [3.05, 3.63) is 34.5 Å². The summed E-state index contributed by atoms with van der Waals surface area (Å²) in [7, 11) is 0. The van der Waals surface area contributed by atoms with Crippen molar-refractivity contribution in [2.45, 2.75) is 147 Å². The normalized spacial score (nSPS) is 16.9. The molecule has 1 aliphatic heterocycles. The fraction of sp³-hybridized carbons (Fsp3) is 0.730. The Balaban J connectivity index is -0.000000218. The van der Waals surface area contributed by atoms with Crippen LogP contribution in [0.5, 0.6) is 0 Å². The van der Waals surface area contributed by atoms with E-state index < -0.39 is 0 Å². The summed E-state index contributed by atoms with van der Waals surface area (Å²) in [5, 5.41) is 5.12. The first-order valence-corrected chi connectivity index (χ1v) is 18.0. The van der Waals surface area contributed by atoms with E-state index in [9.17, 15) is 19.2 Å². The van der Waals surface area contributed by atoms with Crippen molar-refractivity contribution in [3.8, 4) is 0 Å². The number of allylic oxidation sites excluding steroid dienone is 2. The minimum atomic E-state index is 0.153. The van der Waals surface area contributed by atoms with E-state index in [1.165, 1.54) is 30.6 Å². The summed E-state index contributed by atoms with van der Waals surface area (Å²) in [4.78, 5) is 43.7. The van der Waals surface area contributed by atoms with Crippen LogP contribution in [0.3, 0.4) is 0 Å². The fourth-order valence-electron chi connectivity index (χ4n) is 4.38. The van der Waals surface area contributed by atoms with Crippen LogP contribution in [0.4, 0.5) is 0 Å². The smallest absolute Gasteiger partial charge is 0.169 e. The standard InChI is InChI=1S/C8H14O.C8H12O.C7H13NO.C6H6OS.4C2H6/c2*1-7(9)8-5-3-2-4-6-8;1-6(9)7-2-4-8-5-3-7;1-5(7)6-3-2-4-8-6;4*1-2/h8H,2-6H2,1H3;2-3,8H,4-6H2,1H3;7-8H,2-5H2,1H3;2-4H,1H3;4*1-2H3. The summed E-state index contributed by atoms with van der Waals surface area (Å²) >= 11 is 1.48. The van der Waals surface area contributed by atoms with Gasteiger partial charge in [-0.1, -0.05) is 92.9 Å². The minimum absolute atomic E-state index is 0.153. The Kier molecular flexibility index (Phi) is 40.5. The van der Waals surface area contributed by atoms with Gasteiger partial charge in [0.05, 0.1) is 4.88 Å². The molecule has 0 spiro atoms. The minimum Gasteiger partial charge on any atom is -0.317 e. The van der Waals surface area contributed by atoms with Gasteiger partial charge in [0.25, 0.3) is 0 Å². The summed E-state index contributed by atoms with van der Waals surface area (Å²) in [6, 6.07) is 3.70. The number of piperidine rings is 1. The van der Waals surface area contributed by atoms with Gasteiger partial charge in [-0.15, -0.1) is 11.3 Å². The van der Waals surface area contributed by atoms with E-state index in [4.69, 9.17) is 0 Å². The molecule has 0 radical (unpaired) electrons. The van der Waals surface area contributed by atoms with Crippen LogP contribution in [0.15, 0.2) is 29.7 Å². The highest BCUT2D eigenvalue weighted by Crippen LogP contribution is 2.23. The van der Waals surface area contributed by atoms with Gasteiger partial charge in [-0.2, -0.15) is 0 Å². The van der Waals surface area contributed by atoms with Crippen molar-refractivity contribution < 1.29 is 19.2 Å². The SMILES string of the molecule is CC.CC.CC.CC.CC(=O)C1CC=CCC1.CC(=O)C1CCCCC1.CC(=O)C1CCNCC1.CC(=O)c1cccs1. The predicted molar refractivity (Wildman–Crippen MR) is 190 cm³/mol. The zero-order chi connectivity index (χ0) is 34.1. The molecule has 3 aliphatic rings. The van der Waals surface area contributed by atoms with Crippen molar-refractivity contribution >= 4 is 34.5 Å². The Morgan fingerprint density at radius 2 is 1.09 bits per heavy atom. The lowest BCUT2D eigenvalue weighted by Gasteiger charge is -2.19.